The summed E-state index contributed by atoms with van der Waals surface area (Å²) in [5.74, 6) is -0.260. The van der Waals surface area contributed by atoms with Crippen LogP contribution in [0.4, 0.5) is 0 Å². The van der Waals surface area contributed by atoms with Gasteiger partial charge in [-0.1, -0.05) is 71.7 Å². The van der Waals surface area contributed by atoms with E-state index in [0.29, 0.717) is 54.4 Å². The van der Waals surface area contributed by atoms with Crippen molar-refractivity contribution in [1.82, 2.24) is 20.6 Å². The topological polar surface area (TPSA) is 189 Å². The van der Waals surface area contributed by atoms with Gasteiger partial charge in [0.25, 0.3) is 0 Å². The Bertz CT molecular complexity index is 2330. The number of nitrogens with one attached hydrogen (secondary N) is 2. The number of rotatable bonds is 20. The third-order valence-electron chi connectivity index (χ3n) is 9.41. The molecule has 2 aromatic heterocycles. The molecule has 58 heavy (non-hydrogen) atoms. The summed E-state index contributed by atoms with van der Waals surface area (Å²) in [6, 6.07) is 22.8. The number of carboxylic acid groups (broad SMARTS) is 1. The number of aromatic nitrogens is 2. The number of pyridine rings is 2. The second-order valence-electron chi connectivity index (χ2n) is 13.7. The van der Waals surface area contributed by atoms with Gasteiger partial charge in [0.15, 0.2) is 9.84 Å². The summed E-state index contributed by atoms with van der Waals surface area (Å²) in [5, 5.41) is 35.2. The normalized spacial score (nSPS) is 14.2. The van der Waals surface area contributed by atoms with Crippen molar-refractivity contribution in [2.75, 3.05) is 39.1 Å². The lowest BCUT2D eigenvalue weighted by molar-refractivity contribution is -0.139. The van der Waals surface area contributed by atoms with E-state index in [9.17, 15) is 23.4 Å². The average molecular weight is 852 g/mol. The van der Waals surface area contributed by atoms with Gasteiger partial charge in [-0.3, -0.25) is 9.78 Å². The first-order valence-corrected chi connectivity index (χ1v) is 21.3. The second kappa shape index (κ2) is 19.8. The van der Waals surface area contributed by atoms with Crippen LogP contribution in [-0.2, 0) is 34.2 Å². The number of aliphatic hydroxyl groups excluding tert-OH is 2. The molecule has 306 valence electrons. The summed E-state index contributed by atoms with van der Waals surface area (Å²) in [6.45, 7) is 1.39. The molecule has 0 saturated heterocycles. The van der Waals surface area contributed by atoms with Gasteiger partial charge >= 0.3 is 5.97 Å². The Kier molecular flexibility index (Phi) is 14.6. The maximum Gasteiger partial charge on any atom is 0.306 e. The Hall–Kier alpha value is -4.80. The van der Waals surface area contributed by atoms with Crippen molar-refractivity contribution in [3.63, 3.8) is 0 Å². The monoisotopic (exact) mass is 850 g/mol. The SMILES string of the molecule is CS(=O)(=O)c1cncc(COc2nc(O[C@H]3CCc4c(-c5c(OCCNCCO)ccc(-c6ccccc6)c5Cl)cccc43)c(Cl)cc2CNC[C@@H](O)CC(=O)O)c1. The number of ether oxygens (including phenoxy) is 3. The lowest BCUT2D eigenvalue weighted by Gasteiger charge is -2.20. The van der Waals surface area contributed by atoms with Crippen LogP contribution >= 0.6 is 23.2 Å². The number of sulfone groups is 1. The predicted molar refractivity (Wildman–Crippen MR) is 220 cm³/mol. The van der Waals surface area contributed by atoms with Gasteiger partial charge < -0.3 is 40.2 Å². The fraction of sp³-hybridized carbons (Fsp3) is 0.310. The molecule has 5 aromatic rings. The van der Waals surface area contributed by atoms with Crippen LogP contribution in [0.15, 0.2) is 90.1 Å². The molecule has 1 aliphatic rings. The maximum atomic E-state index is 12.2. The van der Waals surface area contributed by atoms with Gasteiger partial charge in [-0.2, -0.15) is 4.98 Å². The van der Waals surface area contributed by atoms with Crippen LogP contribution < -0.4 is 24.8 Å². The first-order valence-electron chi connectivity index (χ1n) is 18.6. The molecule has 13 nitrogen and oxygen atoms in total. The van der Waals surface area contributed by atoms with E-state index in [1.54, 1.807) is 6.07 Å². The number of nitrogens with zero attached hydrogens (tertiary/aromatic N) is 2. The van der Waals surface area contributed by atoms with Crippen molar-refractivity contribution in [2.24, 2.45) is 0 Å². The number of carboxylic acids is 1. The minimum atomic E-state index is -3.52. The molecule has 0 saturated carbocycles. The Morgan fingerprint density at radius 3 is 2.53 bits per heavy atom. The van der Waals surface area contributed by atoms with Gasteiger partial charge in [-0.15, -0.1) is 0 Å². The molecule has 0 unspecified atom stereocenters. The summed E-state index contributed by atoms with van der Waals surface area (Å²) in [6.07, 6.45) is 3.10. The van der Waals surface area contributed by atoms with Crippen molar-refractivity contribution in [2.45, 2.75) is 49.5 Å². The van der Waals surface area contributed by atoms with Crippen LogP contribution in [0.2, 0.25) is 10.0 Å². The summed E-state index contributed by atoms with van der Waals surface area (Å²) in [5.41, 5.74) is 6.43. The molecule has 5 N–H and O–H groups in total. The first-order chi connectivity index (χ1) is 27.9. The Balaban J connectivity index is 1.30. The van der Waals surface area contributed by atoms with Crippen molar-refractivity contribution < 1.29 is 42.7 Å². The van der Waals surface area contributed by atoms with E-state index in [1.165, 1.54) is 18.5 Å². The molecule has 1 aliphatic carbocycles. The number of aliphatic hydroxyl groups is 2. The van der Waals surface area contributed by atoms with Crippen molar-refractivity contribution in [3.05, 3.63) is 117 Å². The predicted octanol–water partition coefficient (Wildman–Crippen LogP) is 6.05. The highest BCUT2D eigenvalue weighted by atomic mass is 35.5. The zero-order valence-corrected chi connectivity index (χ0v) is 34.0. The molecular formula is C42H44Cl2N4O9S. The molecule has 0 amide bonds. The number of benzene rings is 3. The number of hydrogen-bond donors (Lipinski definition) is 5. The van der Waals surface area contributed by atoms with E-state index < -0.39 is 34.4 Å². The smallest absolute Gasteiger partial charge is 0.306 e. The van der Waals surface area contributed by atoms with Gasteiger partial charge in [0, 0.05) is 67.1 Å². The zero-order valence-electron chi connectivity index (χ0n) is 31.7. The van der Waals surface area contributed by atoms with E-state index in [1.807, 2.05) is 60.7 Å². The number of fused-ring (bicyclic) bond motifs is 1. The lowest BCUT2D eigenvalue weighted by atomic mass is 9.93. The van der Waals surface area contributed by atoms with E-state index in [2.05, 4.69) is 20.6 Å². The van der Waals surface area contributed by atoms with Crippen LogP contribution in [0.1, 0.15) is 41.2 Å². The molecule has 16 heteroatoms. The fourth-order valence-corrected chi connectivity index (χ4v) is 7.89. The van der Waals surface area contributed by atoms with Crippen LogP contribution in [-0.4, -0.2) is 84.9 Å². The first kappa shape index (κ1) is 42.8. The van der Waals surface area contributed by atoms with Crippen LogP contribution in [0.5, 0.6) is 17.5 Å². The Morgan fingerprint density at radius 2 is 1.78 bits per heavy atom. The molecular weight excluding hydrogens is 807 g/mol. The summed E-state index contributed by atoms with van der Waals surface area (Å²) in [4.78, 5) is 19.8. The highest BCUT2D eigenvalue weighted by Gasteiger charge is 2.30. The van der Waals surface area contributed by atoms with Gasteiger partial charge in [0.2, 0.25) is 11.8 Å². The van der Waals surface area contributed by atoms with Crippen LogP contribution in [0.25, 0.3) is 22.3 Å². The summed E-state index contributed by atoms with van der Waals surface area (Å²) in [7, 11) is -3.52. The van der Waals surface area contributed by atoms with Gasteiger partial charge in [-0.05, 0) is 59.4 Å². The van der Waals surface area contributed by atoms with Gasteiger partial charge in [0.05, 0.1) is 29.0 Å². The Morgan fingerprint density at radius 1 is 0.966 bits per heavy atom. The van der Waals surface area contributed by atoms with Gasteiger partial charge in [-0.25, -0.2) is 8.42 Å². The molecule has 2 heterocycles. The second-order valence-corrected chi connectivity index (χ2v) is 16.5. The minimum absolute atomic E-state index is 0.0191. The molecule has 0 bridgehead atoms. The van der Waals surface area contributed by atoms with Crippen molar-refractivity contribution in [3.8, 4) is 39.8 Å². The molecule has 0 radical (unpaired) electrons. The molecule has 0 fully saturated rings. The molecule has 0 aliphatic heterocycles. The fourth-order valence-electron chi connectivity index (χ4n) is 6.69. The number of halogens is 2. The number of aliphatic carboxylic acids is 1. The lowest BCUT2D eigenvalue weighted by Crippen LogP contribution is -2.28. The van der Waals surface area contributed by atoms with Crippen molar-refractivity contribution >= 4 is 39.0 Å². The molecule has 6 rings (SSSR count). The van der Waals surface area contributed by atoms with Gasteiger partial charge in [0.1, 0.15) is 30.1 Å². The quantitative estimate of drug-likeness (QED) is 0.0570. The number of hydrogen-bond acceptors (Lipinski definition) is 12. The highest BCUT2D eigenvalue weighted by molar-refractivity contribution is 7.90. The van der Waals surface area contributed by atoms with E-state index >= 15 is 0 Å². The Labute approximate surface area is 346 Å². The number of carbonyl (C=O) groups is 1. The summed E-state index contributed by atoms with van der Waals surface area (Å²) < 4.78 is 43.3. The summed E-state index contributed by atoms with van der Waals surface area (Å²) >= 11 is 14.1. The standard InChI is InChI=1S/C42H44Cl2N4O9S/c1-58(53,54)30-18-26(21-46-24-30)25-56-41-28(22-47-23-29(50)20-38(51)52)19-35(43)42(48-41)57-36-12-11-32-33(36)8-5-9-34(32)39-37(55-17-15-45-14-16-49)13-10-31(40(39)44)27-6-3-2-4-7-27/h2-10,13,18-19,21,24,29,36,45,47,49-50H,11-12,14-17,20,22-23,25H2,1H3,(H,51,52)/t29-,36-/m0/s1. The van der Waals surface area contributed by atoms with E-state index in [-0.39, 0.29) is 48.0 Å². The third kappa shape index (κ3) is 10.8. The molecule has 2 atom stereocenters. The van der Waals surface area contributed by atoms with Crippen LogP contribution in [0, 0.1) is 0 Å². The molecule has 3 aromatic carbocycles. The van der Waals surface area contributed by atoms with E-state index in [0.717, 1.165) is 39.6 Å². The zero-order chi connectivity index (χ0) is 41.2. The highest BCUT2D eigenvalue weighted by Crippen LogP contribution is 2.48. The van der Waals surface area contributed by atoms with Crippen molar-refractivity contribution in [1.29, 1.82) is 0 Å². The average Bonchev–Trinajstić information content (AvgIpc) is 3.61. The minimum Gasteiger partial charge on any atom is -0.492 e. The largest absolute Gasteiger partial charge is 0.492 e. The van der Waals surface area contributed by atoms with Crippen LogP contribution in [0.3, 0.4) is 0 Å². The van der Waals surface area contributed by atoms with E-state index in [4.69, 9.17) is 42.5 Å². The maximum absolute atomic E-state index is 12.2. The molecule has 0 spiro atoms. The third-order valence-corrected chi connectivity index (χ3v) is 11.2.